The van der Waals surface area contributed by atoms with Gasteiger partial charge in [0.15, 0.2) is 6.54 Å². The average Bonchev–Trinajstić information content (AvgIpc) is 2.62. The fraction of sp³-hybridized carbons (Fsp3) is 0.556. The number of nitrogens with zero attached hydrogens (tertiary/aromatic N) is 2. The van der Waals surface area contributed by atoms with Gasteiger partial charge in [0.25, 0.3) is 5.91 Å². The van der Waals surface area contributed by atoms with E-state index in [1.807, 2.05) is 19.9 Å². The highest BCUT2D eigenvalue weighted by atomic mass is 32.2. The molecule has 1 aromatic rings. The van der Waals surface area contributed by atoms with E-state index in [-0.39, 0.29) is 24.9 Å². The number of quaternary nitrogens is 1. The summed E-state index contributed by atoms with van der Waals surface area (Å²) in [5.41, 5.74) is 2.01. The Morgan fingerprint density at radius 3 is 2.33 bits per heavy atom. The lowest BCUT2D eigenvalue weighted by atomic mass is 10.1. The van der Waals surface area contributed by atoms with Gasteiger partial charge in [0.05, 0.1) is 37.6 Å². The van der Waals surface area contributed by atoms with Crippen molar-refractivity contribution in [2.24, 2.45) is 0 Å². The van der Waals surface area contributed by atoms with Crippen LogP contribution in [-0.2, 0) is 19.6 Å². The van der Waals surface area contributed by atoms with Crippen molar-refractivity contribution >= 4 is 21.8 Å². The zero-order valence-electron chi connectivity index (χ0n) is 16.4. The summed E-state index contributed by atoms with van der Waals surface area (Å²) in [6.07, 6.45) is 0. The third kappa shape index (κ3) is 5.50. The van der Waals surface area contributed by atoms with Crippen molar-refractivity contribution < 1.29 is 22.9 Å². The minimum absolute atomic E-state index is 0.0214. The molecule has 0 saturated carbocycles. The fourth-order valence-electron chi connectivity index (χ4n) is 2.86. The Kier molecular flexibility index (Phi) is 6.96. The molecule has 0 unspecified atom stereocenters. The first-order valence-electron chi connectivity index (χ1n) is 8.99. The monoisotopic (exact) mass is 397 g/mol. The number of amides is 2. The predicted octanol–water partition coefficient (Wildman–Crippen LogP) is -1.60. The first-order chi connectivity index (χ1) is 12.6. The fourth-order valence-corrected chi connectivity index (χ4v) is 4.39. The summed E-state index contributed by atoms with van der Waals surface area (Å²) in [7, 11) is -0.247. The molecule has 8 nitrogen and oxygen atoms in total. The summed E-state index contributed by atoms with van der Waals surface area (Å²) in [5, 5.41) is 2.61. The molecule has 2 rings (SSSR count). The van der Waals surface area contributed by atoms with Gasteiger partial charge in [0.2, 0.25) is 15.9 Å². The number of hydrogen-bond donors (Lipinski definition) is 2. The number of nitrogens with one attached hydrogen (secondary N) is 2. The Morgan fingerprint density at radius 1 is 1.15 bits per heavy atom. The van der Waals surface area contributed by atoms with Crippen LogP contribution in [0.3, 0.4) is 0 Å². The number of sulfonamides is 1. The second-order valence-electron chi connectivity index (χ2n) is 7.14. The number of rotatable bonds is 6. The summed E-state index contributed by atoms with van der Waals surface area (Å²) >= 11 is 0. The molecule has 1 saturated heterocycles. The summed E-state index contributed by atoms with van der Waals surface area (Å²) in [5.74, 6) is -0.367. The Balaban J connectivity index is 1.88. The van der Waals surface area contributed by atoms with E-state index in [1.165, 1.54) is 9.21 Å². The van der Waals surface area contributed by atoms with E-state index in [1.54, 1.807) is 26.2 Å². The van der Waals surface area contributed by atoms with E-state index in [4.69, 9.17) is 0 Å². The van der Waals surface area contributed by atoms with E-state index in [0.717, 1.165) is 16.0 Å². The molecule has 2 amide bonds. The molecule has 2 N–H and O–H groups in total. The molecular weight excluding hydrogens is 368 g/mol. The lowest BCUT2D eigenvalue weighted by Gasteiger charge is -2.31. The SMILES string of the molecule is Cc1ccc(S(=O)(=O)N2CC[NH+](CC(=O)NCC(=O)N(C)C)CC2)cc1C. The quantitative estimate of drug-likeness (QED) is 0.605. The smallest absolute Gasteiger partial charge is 0.275 e. The van der Waals surface area contributed by atoms with E-state index in [2.05, 4.69) is 5.32 Å². The number of piperazine rings is 1. The van der Waals surface area contributed by atoms with Crippen LogP contribution >= 0.6 is 0 Å². The van der Waals surface area contributed by atoms with Gasteiger partial charge in [-0.25, -0.2) is 8.42 Å². The first kappa shape index (κ1) is 21.3. The molecule has 0 aromatic heterocycles. The molecule has 9 heteroatoms. The van der Waals surface area contributed by atoms with Gasteiger partial charge in [-0.3, -0.25) is 9.59 Å². The maximum absolute atomic E-state index is 12.8. The van der Waals surface area contributed by atoms with Crippen molar-refractivity contribution in [1.29, 1.82) is 0 Å². The largest absolute Gasteiger partial charge is 0.347 e. The first-order valence-corrected chi connectivity index (χ1v) is 10.4. The van der Waals surface area contributed by atoms with Crippen molar-refractivity contribution in [2.75, 3.05) is 53.4 Å². The Labute approximate surface area is 161 Å². The highest BCUT2D eigenvalue weighted by Crippen LogP contribution is 2.19. The Morgan fingerprint density at radius 2 is 1.78 bits per heavy atom. The molecule has 150 valence electrons. The second kappa shape index (κ2) is 8.81. The molecule has 1 aromatic carbocycles. The van der Waals surface area contributed by atoms with Crippen LogP contribution in [0.25, 0.3) is 0 Å². The normalized spacial score (nSPS) is 16.1. The van der Waals surface area contributed by atoms with Crippen molar-refractivity contribution in [3.05, 3.63) is 29.3 Å². The number of hydrogen-bond acceptors (Lipinski definition) is 4. The van der Waals surface area contributed by atoms with Crippen LogP contribution in [0, 0.1) is 13.8 Å². The minimum atomic E-state index is -3.51. The lowest BCUT2D eigenvalue weighted by Crippen LogP contribution is -3.15. The van der Waals surface area contributed by atoms with Crippen LogP contribution in [0.15, 0.2) is 23.1 Å². The highest BCUT2D eigenvalue weighted by molar-refractivity contribution is 7.89. The van der Waals surface area contributed by atoms with Gasteiger partial charge < -0.3 is 15.1 Å². The minimum Gasteiger partial charge on any atom is -0.347 e. The van der Waals surface area contributed by atoms with Crippen LogP contribution in [0.5, 0.6) is 0 Å². The summed E-state index contributed by atoms with van der Waals surface area (Å²) < 4.78 is 27.1. The van der Waals surface area contributed by atoms with E-state index >= 15 is 0 Å². The van der Waals surface area contributed by atoms with E-state index in [9.17, 15) is 18.0 Å². The molecule has 0 bridgehead atoms. The van der Waals surface area contributed by atoms with Gasteiger partial charge in [-0.15, -0.1) is 0 Å². The number of likely N-dealkylation sites (N-methyl/N-ethyl adjacent to an activating group) is 1. The Bertz CT molecular complexity index is 800. The predicted molar refractivity (Wildman–Crippen MR) is 102 cm³/mol. The molecule has 0 radical (unpaired) electrons. The molecule has 1 aliphatic heterocycles. The number of carbonyl (C=O) groups excluding carboxylic acids is 2. The van der Waals surface area contributed by atoms with Gasteiger partial charge in [0, 0.05) is 14.1 Å². The average molecular weight is 398 g/mol. The maximum atomic E-state index is 12.8. The molecule has 1 fully saturated rings. The lowest BCUT2D eigenvalue weighted by molar-refractivity contribution is -0.895. The highest BCUT2D eigenvalue weighted by Gasteiger charge is 2.31. The Hall–Kier alpha value is -1.97. The number of carbonyl (C=O) groups is 2. The molecule has 27 heavy (non-hydrogen) atoms. The molecule has 1 aliphatic rings. The van der Waals surface area contributed by atoms with E-state index in [0.29, 0.717) is 31.1 Å². The third-order valence-electron chi connectivity index (χ3n) is 4.89. The van der Waals surface area contributed by atoms with Crippen molar-refractivity contribution in [1.82, 2.24) is 14.5 Å². The van der Waals surface area contributed by atoms with Crippen molar-refractivity contribution in [3.63, 3.8) is 0 Å². The van der Waals surface area contributed by atoms with Gasteiger partial charge in [-0.05, 0) is 37.1 Å². The molecule has 1 heterocycles. The van der Waals surface area contributed by atoms with Crippen LogP contribution < -0.4 is 10.2 Å². The number of aryl methyl sites for hydroxylation is 2. The number of benzene rings is 1. The second-order valence-corrected chi connectivity index (χ2v) is 9.08. The van der Waals surface area contributed by atoms with Crippen LogP contribution in [0.2, 0.25) is 0 Å². The maximum Gasteiger partial charge on any atom is 0.275 e. The zero-order chi connectivity index (χ0) is 20.2. The van der Waals surface area contributed by atoms with Gasteiger partial charge in [0.1, 0.15) is 0 Å². The van der Waals surface area contributed by atoms with Crippen LogP contribution in [0.4, 0.5) is 0 Å². The molecule has 0 atom stereocenters. The summed E-state index contributed by atoms with van der Waals surface area (Å²) in [4.78, 5) is 26.2. The van der Waals surface area contributed by atoms with Gasteiger partial charge in [-0.2, -0.15) is 4.31 Å². The van der Waals surface area contributed by atoms with Crippen LogP contribution in [-0.4, -0.2) is 82.8 Å². The summed E-state index contributed by atoms with van der Waals surface area (Å²) in [6.45, 7) is 5.91. The van der Waals surface area contributed by atoms with E-state index < -0.39 is 10.0 Å². The molecular formula is C18H29N4O4S+. The topological polar surface area (TPSA) is 91.2 Å². The van der Waals surface area contributed by atoms with Crippen molar-refractivity contribution in [3.8, 4) is 0 Å². The standard InChI is InChI=1S/C18H28N4O4S/c1-14-5-6-16(11-15(14)2)27(25,26)22-9-7-21(8-10-22)13-17(23)19-12-18(24)20(3)4/h5-6,11H,7-10,12-13H2,1-4H3,(H,19,23)/p+1. The zero-order valence-corrected chi connectivity index (χ0v) is 17.2. The van der Waals surface area contributed by atoms with Crippen molar-refractivity contribution in [2.45, 2.75) is 18.7 Å². The van der Waals surface area contributed by atoms with Gasteiger partial charge in [-0.1, -0.05) is 6.07 Å². The molecule has 0 spiro atoms. The van der Waals surface area contributed by atoms with Crippen LogP contribution in [0.1, 0.15) is 11.1 Å². The van der Waals surface area contributed by atoms with Gasteiger partial charge >= 0.3 is 0 Å². The molecule has 0 aliphatic carbocycles. The third-order valence-corrected chi connectivity index (χ3v) is 6.79. The summed E-state index contributed by atoms with van der Waals surface area (Å²) in [6, 6.07) is 5.17.